The van der Waals surface area contributed by atoms with Gasteiger partial charge in [0, 0.05) is 28.3 Å². The van der Waals surface area contributed by atoms with Crippen molar-refractivity contribution >= 4 is 23.7 Å². The van der Waals surface area contributed by atoms with E-state index in [2.05, 4.69) is 15.8 Å². The highest BCUT2D eigenvalue weighted by atomic mass is 19.1. The van der Waals surface area contributed by atoms with E-state index in [0.29, 0.717) is 5.69 Å². The van der Waals surface area contributed by atoms with E-state index in [1.807, 2.05) is 24.5 Å². The molecule has 0 radical (unpaired) electrons. The van der Waals surface area contributed by atoms with Crippen molar-refractivity contribution < 1.29 is 18.4 Å². The van der Waals surface area contributed by atoms with Crippen molar-refractivity contribution in [2.45, 2.75) is 13.8 Å². The summed E-state index contributed by atoms with van der Waals surface area (Å²) < 4.78 is 27.9. The highest BCUT2D eigenvalue weighted by Gasteiger charge is 2.13. The van der Waals surface area contributed by atoms with Crippen molar-refractivity contribution in [2.24, 2.45) is 5.10 Å². The highest BCUT2D eigenvalue weighted by molar-refractivity contribution is 6.39. The molecule has 1 aromatic heterocycles. The van der Waals surface area contributed by atoms with Gasteiger partial charge in [-0.2, -0.15) is 5.10 Å². The minimum atomic E-state index is -0.960. The van der Waals surface area contributed by atoms with Gasteiger partial charge in [0.2, 0.25) is 0 Å². The summed E-state index contributed by atoms with van der Waals surface area (Å²) in [5.74, 6) is -2.65. The predicted molar refractivity (Wildman–Crippen MR) is 106 cm³/mol. The van der Waals surface area contributed by atoms with Gasteiger partial charge in [-0.25, -0.2) is 14.2 Å². The Bertz CT molecular complexity index is 1070. The van der Waals surface area contributed by atoms with Crippen molar-refractivity contribution in [1.82, 2.24) is 9.99 Å². The number of rotatable bonds is 4. The monoisotopic (exact) mass is 396 g/mol. The second kappa shape index (κ2) is 8.47. The third-order valence-corrected chi connectivity index (χ3v) is 4.23. The molecule has 2 N–H and O–H groups in total. The Morgan fingerprint density at radius 1 is 0.931 bits per heavy atom. The number of halogens is 2. The van der Waals surface area contributed by atoms with Crippen LogP contribution in [0.25, 0.3) is 5.69 Å². The van der Waals surface area contributed by atoms with Gasteiger partial charge in [0.1, 0.15) is 11.6 Å². The molecule has 2 amide bonds. The lowest BCUT2D eigenvalue weighted by atomic mass is 10.2. The fraction of sp³-hybridized carbons (Fsp3) is 0.0952. The summed E-state index contributed by atoms with van der Waals surface area (Å²) in [4.78, 5) is 23.7. The van der Waals surface area contributed by atoms with Gasteiger partial charge >= 0.3 is 11.8 Å². The van der Waals surface area contributed by atoms with E-state index in [0.717, 1.165) is 22.6 Å². The number of benzene rings is 2. The summed E-state index contributed by atoms with van der Waals surface area (Å²) >= 11 is 0. The van der Waals surface area contributed by atoms with Crippen molar-refractivity contribution in [1.29, 1.82) is 0 Å². The smallest absolute Gasteiger partial charge is 0.318 e. The molecule has 0 saturated heterocycles. The standard InChI is InChI=1S/C21H18F2N4O2/c1-13-11-15(14(2)27(13)19-9-5-17(23)6-10-19)12-24-26-21(29)20(28)25-18-7-3-16(22)4-8-18/h3-12H,1-2H3,(H,25,28)(H,26,29)/b24-12-. The molecule has 0 saturated carbocycles. The molecule has 0 aliphatic carbocycles. The van der Waals surface area contributed by atoms with Gasteiger partial charge in [-0.3, -0.25) is 9.59 Å². The maximum Gasteiger partial charge on any atom is 0.329 e. The first kappa shape index (κ1) is 19.9. The maximum atomic E-state index is 13.2. The minimum absolute atomic E-state index is 0.290. The van der Waals surface area contributed by atoms with Gasteiger partial charge in [-0.05, 0) is 68.4 Å². The second-order valence-electron chi connectivity index (χ2n) is 6.30. The average molecular weight is 396 g/mol. The van der Waals surface area contributed by atoms with Crippen molar-refractivity contribution in [2.75, 3.05) is 5.32 Å². The summed E-state index contributed by atoms with van der Waals surface area (Å²) in [7, 11) is 0. The predicted octanol–water partition coefficient (Wildman–Crippen LogP) is 3.46. The molecule has 3 aromatic rings. The summed E-state index contributed by atoms with van der Waals surface area (Å²) in [5, 5.41) is 6.16. The number of hydrogen-bond acceptors (Lipinski definition) is 3. The average Bonchev–Trinajstić information content (AvgIpc) is 2.97. The third-order valence-electron chi connectivity index (χ3n) is 4.23. The topological polar surface area (TPSA) is 75.5 Å². The molecule has 148 valence electrons. The van der Waals surface area contributed by atoms with Gasteiger partial charge in [0.15, 0.2) is 0 Å². The van der Waals surface area contributed by atoms with Gasteiger partial charge in [0.25, 0.3) is 0 Å². The molecule has 3 rings (SSSR count). The summed E-state index contributed by atoms with van der Waals surface area (Å²) in [6.07, 6.45) is 1.42. The van der Waals surface area contributed by atoms with Crippen LogP contribution in [0.5, 0.6) is 0 Å². The van der Waals surface area contributed by atoms with Crippen LogP contribution in [-0.2, 0) is 9.59 Å². The molecule has 29 heavy (non-hydrogen) atoms. The number of nitrogens with zero attached hydrogens (tertiary/aromatic N) is 2. The van der Waals surface area contributed by atoms with Crippen LogP contribution in [0.15, 0.2) is 59.7 Å². The lowest BCUT2D eigenvalue weighted by Gasteiger charge is -2.09. The van der Waals surface area contributed by atoms with Crippen molar-refractivity contribution in [3.63, 3.8) is 0 Å². The normalized spacial score (nSPS) is 10.9. The van der Waals surface area contributed by atoms with Crippen LogP contribution in [-0.4, -0.2) is 22.6 Å². The zero-order valence-electron chi connectivity index (χ0n) is 15.7. The van der Waals surface area contributed by atoms with E-state index < -0.39 is 17.6 Å². The number of hydrogen-bond donors (Lipinski definition) is 2. The van der Waals surface area contributed by atoms with E-state index in [1.54, 1.807) is 12.1 Å². The van der Waals surface area contributed by atoms with Gasteiger partial charge in [0.05, 0.1) is 6.21 Å². The largest absolute Gasteiger partial charge is 0.329 e. The number of aromatic nitrogens is 1. The Balaban J connectivity index is 1.66. The zero-order valence-corrected chi connectivity index (χ0v) is 15.7. The Morgan fingerprint density at radius 3 is 2.14 bits per heavy atom. The number of nitrogens with one attached hydrogen (secondary N) is 2. The van der Waals surface area contributed by atoms with Gasteiger partial charge < -0.3 is 9.88 Å². The molecule has 0 aliphatic heterocycles. The molecular formula is C21H18F2N4O2. The van der Waals surface area contributed by atoms with Gasteiger partial charge in [-0.1, -0.05) is 0 Å². The van der Waals surface area contributed by atoms with Crippen LogP contribution < -0.4 is 10.7 Å². The quantitative estimate of drug-likeness (QED) is 0.403. The lowest BCUT2D eigenvalue weighted by Crippen LogP contribution is -2.32. The van der Waals surface area contributed by atoms with E-state index >= 15 is 0 Å². The number of anilines is 1. The first-order chi connectivity index (χ1) is 13.8. The molecule has 8 heteroatoms. The second-order valence-corrected chi connectivity index (χ2v) is 6.30. The van der Waals surface area contributed by atoms with Crippen LogP contribution in [0.1, 0.15) is 17.0 Å². The SMILES string of the molecule is Cc1cc(/C=N\NC(=O)C(=O)Nc2ccc(F)cc2)c(C)n1-c1ccc(F)cc1. The molecular weight excluding hydrogens is 378 g/mol. The van der Waals surface area contributed by atoms with E-state index in [9.17, 15) is 18.4 Å². The number of amides is 2. The van der Waals surface area contributed by atoms with Crippen LogP contribution >= 0.6 is 0 Å². The molecule has 2 aromatic carbocycles. The number of aryl methyl sites for hydroxylation is 1. The molecule has 1 heterocycles. The number of hydrazone groups is 1. The Hall–Kier alpha value is -3.81. The van der Waals surface area contributed by atoms with E-state index in [4.69, 9.17) is 0 Å². The fourth-order valence-corrected chi connectivity index (χ4v) is 2.84. The molecule has 6 nitrogen and oxygen atoms in total. The van der Waals surface area contributed by atoms with Crippen LogP contribution in [0, 0.1) is 25.5 Å². The Morgan fingerprint density at radius 2 is 1.52 bits per heavy atom. The molecule has 0 unspecified atom stereocenters. The molecule has 0 atom stereocenters. The van der Waals surface area contributed by atoms with E-state index in [-0.39, 0.29) is 5.82 Å². The van der Waals surface area contributed by atoms with Crippen LogP contribution in [0.4, 0.5) is 14.5 Å². The van der Waals surface area contributed by atoms with Crippen molar-refractivity contribution in [3.05, 3.63) is 83.2 Å². The summed E-state index contributed by atoms with van der Waals surface area (Å²) in [6.45, 7) is 3.75. The lowest BCUT2D eigenvalue weighted by molar-refractivity contribution is -0.136. The molecule has 0 aliphatic rings. The summed E-state index contributed by atoms with van der Waals surface area (Å²) in [6, 6.07) is 13.0. The molecule has 0 fully saturated rings. The van der Waals surface area contributed by atoms with Gasteiger partial charge in [-0.15, -0.1) is 0 Å². The van der Waals surface area contributed by atoms with Crippen molar-refractivity contribution in [3.8, 4) is 5.69 Å². The van der Waals surface area contributed by atoms with Crippen LogP contribution in [0.2, 0.25) is 0 Å². The maximum absolute atomic E-state index is 13.2. The van der Waals surface area contributed by atoms with Crippen LogP contribution in [0.3, 0.4) is 0 Å². The fourth-order valence-electron chi connectivity index (χ4n) is 2.84. The first-order valence-corrected chi connectivity index (χ1v) is 8.70. The highest BCUT2D eigenvalue weighted by Crippen LogP contribution is 2.20. The molecule has 0 bridgehead atoms. The Labute approximate surface area is 165 Å². The zero-order chi connectivity index (χ0) is 21.0. The Kier molecular flexibility index (Phi) is 5.82. The number of carbonyl (C=O) groups is 2. The summed E-state index contributed by atoms with van der Waals surface area (Å²) in [5.41, 5.74) is 5.70. The first-order valence-electron chi connectivity index (χ1n) is 8.70. The third kappa shape index (κ3) is 4.73. The van der Waals surface area contributed by atoms with E-state index in [1.165, 1.54) is 42.6 Å². The molecule has 0 spiro atoms. The minimum Gasteiger partial charge on any atom is -0.318 e. The number of carbonyl (C=O) groups excluding carboxylic acids is 2.